The molecule has 0 aliphatic carbocycles. The number of carbonyl (C=O) groups is 2. The molecular weight excluding hydrogens is 274 g/mol. The second-order valence-corrected chi connectivity index (χ2v) is 5.50. The Morgan fingerprint density at radius 3 is 2.62 bits per heavy atom. The Hall–Kier alpha value is -1.89. The summed E-state index contributed by atoms with van der Waals surface area (Å²) in [5, 5.41) is 3.73. The van der Waals surface area contributed by atoms with Gasteiger partial charge in [0.15, 0.2) is 5.69 Å². The third-order valence-electron chi connectivity index (χ3n) is 4.16. The number of amides is 2. The molecule has 0 radical (unpaired) electrons. The zero-order valence-electron chi connectivity index (χ0n) is 12.4. The maximum atomic E-state index is 12.3. The molecule has 1 aromatic heterocycles. The number of nitrogens with two attached hydrogens (primary N) is 1. The van der Waals surface area contributed by atoms with Gasteiger partial charge in [-0.05, 0) is 26.2 Å². The molecule has 1 aromatic rings. The number of carbonyl (C=O) groups excluding carboxylic acids is 2. The van der Waals surface area contributed by atoms with Gasteiger partial charge in [0, 0.05) is 32.9 Å². The highest BCUT2D eigenvalue weighted by molar-refractivity contribution is 5.92. The van der Waals surface area contributed by atoms with E-state index in [2.05, 4.69) is 5.16 Å². The van der Waals surface area contributed by atoms with Crippen LogP contribution in [0.3, 0.4) is 0 Å². The summed E-state index contributed by atoms with van der Waals surface area (Å²) in [5.74, 6) is 0.113. The smallest absolute Gasteiger partial charge is 0.276 e. The van der Waals surface area contributed by atoms with Crippen molar-refractivity contribution in [2.24, 2.45) is 11.1 Å². The van der Waals surface area contributed by atoms with Crippen LogP contribution in [0.4, 0.5) is 0 Å². The molecule has 1 aliphatic rings. The van der Waals surface area contributed by atoms with Crippen LogP contribution in [0, 0.1) is 12.3 Å². The number of hydrogen-bond acceptors (Lipinski definition) is 5. The summed E-state index contributed by atoms with van der Waals surface area (Å²) in [4.78, 5) is 25.7. The lowest BCUT2D eigenvalue weighted by Crippen LogP contribution is -2.49. The molecule has 1 fully saturated rings. The minimum atomic E-state index is -0.577. The number of likely N-dealkylation sites (tertiary alicyclic amines) is 1. The Bertz CT molecular complexity index is 518. The lowest BCUT2D eigenvalue weighted by molar-refractivity contribution is -0.131. The van der Waals surface area contributed by atoms with Crippen LogP contribution < -0.4 is 5.73 Å². The number of nitrogens with zero attached hydrogens (tertiary/aromatic N) is 2. The first kappa shape index (κ1) is 15.5. The van der Waals surface area contributed by atoms with Crippen molar-refractivity contribution in [1.82, 2.24) is 10.1 Å². The van der Waals surface area contributed by atoms with Crippen molar-refractivity contribution in [1.29, 1.82) is 0 Å². The van der Waals surface area contributed by atoms with E-state index < -0.39 is 5.41 Å². The standard InChI is InChI=1S/C14H21N3O4/c1-10-9-11(16-21-10)12(18)17-6-3-14(4-7-17,13(15)19)5-8-20-2/h9H,3-8H2,1-2H3,(H2,15,19). The maximum absolute atomic E-state index is 12.3. The van der Waals surface area contributed by atoms with Crippen molar-refractivity contribution in [3.63, 3.8) is 0 Å². The SMILES string of the molecule is COCCC1(C(N)=O)CCN(C(=O)c2cc(C)on2)CC1. The van der Waals surface area contributed by atoms with Gasteiger partial charge in [0.25, 0.3) is 5.91 Å². The predicted molar refractivity (Wildman–Crippen MR) is 74.5 cm³/mol. The number of ether oxygens (including phenoxy) is 1. The molecule has 0 atom stereocenters. The predicted octanol–water partition coefficient (Wildman–Crippen LogP) is 0.727. The molecule has 2 heterocycles. The number of methoxy groups -OCH3 is 1. The molecule has 2 amide bonds. The summed E-state index contributed by atoms with van der Waals surface area (Å²) < 4.78 is 9.98. The zero-order chi connectivity index (χ0) is 15.5. The molecule has 116 valence electrons. The molecule has 7 heteroatoms. The third kappa shape index (κ3) is 3.24. The van der Waals surface area contributed by atoms with Crippen LogP contribution in [-0.4, -0.2) is 48.7 Å². The van der Waals surface area contributed by atoms with Gasteiger partial charge in [0.2, 0.25) is 5.91 Å². The van der Waals surface area contributed by atoms with Crippen LogP contribution >= 0.6 is 0 Å². The quantitative estimate of drug-likeness (QED) is 0.863. The van der Waals surface area contributed by atoms with Crippen molar-refractivity contribution in [3.8, 4) is 0 Å². The number of piperidine rings is 1. The lowest BCUT2D eigenvalue weighted by Gasteiger charge is -2.39. The minimum absolute atomic E-state index is 0.170. The summed E-state index contributed by atoms with van der Waals surface area (Å²) in [6.07, 6.45) is 1.69. The minimum Gasteiger partial charge on any atom is -0.385 e. The van der Waals surface area contributed by atoms with Crippen molar-refractivity contribution in [2.45, 2.75) is 26.2 Å². The molecular formula is C14H21N3O4. The number of aromatic nitrogens is 1. The van der Waals surface area contributed by atoms with E-state index in [4.69, 9.17) is 15.0 Å². The Kier molecular flexibility index (Phi) is 4.62. The van der Waals surface area contributed by atoms with Crippen molar-refractivity contribution < 1.29 is 18.8 Å². The van der Waals surface area contributed by atoms with Gasteiger partial charge in [0.05, 0.1) is 5.41 Å². The zero-order valence-corrected chi connectivity index (χ0v) is 12.4. The number of hydrogen-bond donors (Lipinski definition) is 1. The third-order valence-corrected chi connectivity index (χ3v) is 4.16. The monoisotopic (exact) mass is 295 g/mol. The van der Waals surface area contributed by atoms with E-state index in [0.29, 0.717) is 50.4 Å². The number of rotatable bonds is 5. The molecule has 0 spiro atoms. The van der Waals surface area contributed by atoms with E-state index >= 15 is 0 Å². The average Bonchev–Trinajstić information content (AvgIpc) is 2.91. The summed E-state index contributed by atoms with van der Waals surface area (Å²) >= 11 is 0. The van der Waals surface area contributed by atoms with E-state index in [1.807, 2.05) is 0 Å². The van der Waals surface area contributed by atoms with E-state index in [9.17, 15) is 9.59 Å². The first-order valence-corrected chi connectivity index (χ1v) is 7.00. The van der Waals surface area contributed by atoms with Gasteiger partial charge < -0.3 is 19.9 Å². The molecule has 21 heavy (non-hydrogen) atoms. The van der Waals surface area contributed by atoms with Crippen LogP contribution in [0.15, 0.2) is 10.6 Å². The van der Waals surface area contributed by atoms with Gasteiger partial charge in [-0.2, -0.15) is 0 Å². The van der Waals surface area contributed by atoms with Crippen molar-refractivity contribution in [3.05, 3.63) is 17.5 Å². The van der Waals surface area contributed by atoms with Crippen LogP contribution in [0.5, 0.6) is 0 Å². The Morgan fingerprint density at radius 1 is 1.48 bits per heavy atom. The fourth-order valence-corrected chi connectivity index (χ4v) is 2.68. The number of primary amides is 1. The van der Waals surface area contributed by atoms with Crippen LogP contribution in [0.1, 0.15) is 35.5 Å². The van der Waals surface area contributed by atoms with E-state index in [0.717, 1.165) is 0 Å². The number of aryl methyl sites for hydroxylation is 1. The highest BCUT2D eigenvalue weighted by atomic mass is 16.5. The van der Waals surface area contributed by atoms with Crippen LogP contribution in [-0.2, 0) is 9.53 Å². The highest BCUT2D eigenvalue weighted by Gasteiger charge is 2.40. The van der Waals surface area contributed by atoms with Gasteiger partial charge in [-0.25, -0.2) is 0 Å². The summed E-state index contributed by atoms with van der Waals surface area (Å²) in [6.45, 7) is 3.19. The summed E-state index contributed by atoms with van der Waals surface area (Å²) in [6, 6.07) is 1.61. The molecule has 0 saturated carbocycles. The summed E-state index contributed by atoms with van der Waals surface area (Å²) in [7, 11) is 1.60. The topological polar surface area (TPSA) is 98.7 Å². The molecule has 2 N–H and O–H groups in total. The molecule has 0 aromatic carbocycles. The van der Waals surface area contributed by atoms with E-state index in [-0.39, 0.29) is 11.8 Å². The van der Waals surface area contributed by atoms with Gasteiger partial charge in [-0.15, -0.1) is 0 Å². The van der Waals surface area contributed by atoms with Crippen LogP contribution in [0.2, 0.25) is 0 Å². The first-order chi connectivity index (χ1) is 9.98. The van der Waals surface area contributed by atoms with Gasteiger partial charge in [-0.1, -0.05) is 5.16 Å². The summed E-state index contributed by atoms with van der Waals surface area (Å²) in [5.41, 5.74) is 5.28. The molecule has 1 aliphatic heterocycles. The Balaban J connectivity index is 2.01. The Morgan fingerprint density at radius 2 is 2.14 bits per heavy atom. The lowest BCUT2D eigenvalue weighted by atomic mass is 9.75. The average molecular weight is 295 g/mol. The molecule has 1 saturated heterocycles. The van der Waals surface area contributed by atoms with Gasteiger partial charge in [0.1, 0.15) is 5.76 Å². The van der Waals surface area contributed by atoms with Crippen molar-refractivity contribution in [2.75, 3.05) is 26.8 Å². The first-order valence-electron chi connectivity index (χ1n) is 7.00. The van der Waals surface area contributed by atoms with E-state index in [1.165, 1.54) is 0 Å². The molecule has 0 bridgehead atoms. The molecule has 2 rings (SSSR count). The largest absolute Gasteiger partial charge is 0.385 e. The van der Waals surface area contributed by atoms with Crippen molar-refractivity contribution >= 4 is 11.8 Å². The fourth-order valence-electron chi connectivity index (χ4n) is 2.68. The molecule has 0 unspecified atom stereocenters. The Labute approximate surface area is 123 Å². The highest BCUT2D eigenvalue weighted by Crippen LogP contribution is 2.35. The molecule has 7 nitrogen and oxygen atoms in total. The second kappa shape index (κ2) is 6.26. The van der Waals surface area contributed by atoms with E-state index in [1.54, 1.807) is 25.0 Å². The van der Waals surface area contributed by atoms with Crippen LogP contribution in [0.25, 0.3) is 0 Å². The maximum Gasteiger partial charge on any atom is 0.276 e. The normalized spacial score (nSPS) is 17.7. The van der Waals surface area contributed by atoms with Gasteiger partial charge in [-0.3, -0.25) is 9.59 Å². The van der Waals surface area contributed by atoms with Gasteiger partial charge >= 0.3 is 0 Å². The fraction of sp³-hybridized carbons (Fsp3) is 0.643. The second-order valence-electron chi connectivity index (χ2n) is 5.50.